The zero-order valence-corrected chi connectivity index (χ0v) is 10.4. The lowest BCUT2D eigenvalue weighted by atomic mass is 9.99. The first-order chi connectivity index (χ1) is 8.50. The third kappa shape index (κ3) is 3.96. The van der Waals surface area contributed by atoms with Crippen LogP contribution in [0.25, 0.3) is 0 Å². The van der Waals surface area contributed by atoms with Crippen LogP contribution in [-0.4, -0.2) is 25.7 Å². The first-order valence-electron chi connectivity index (χ1n) is 5.68. The molecule has 0 spiro atoms. The van der Waals surface area contributed by atoms with Gasteiger partial charge in [-0.3, -0.25) is 4.98 Å². The molecule has 0 bridgehead atoms. The van der Waals surface area contributed by atoms with Gasteiger partial charge < -0.3 is 10.1 Å². The van der Waals surface area contributed by atoms with Gasteiger partial charge in [-0.15, -0.1) is 0 Å². The smallest absolute Gasteiger partial charge is 0.385 e. The highest BCUT2D eigenvalue weighted by Crippen LogP contribution is 2.35. The minimum Gasteiger partial charge on any atom is -0.385 e. The van der Waals surface area contributed by atoms with Crippen LogP contribution in [0.5, 0.6) is 0 Å². The Balaban J connectivity index is 2.91. The number of nitrogens with one attached hydrogen (secondary N) is 1. The first-order valence-corrected chi connectivity index (χ1v) is 5.68. The Bertz CT molecular complexity index is 369. The summed E-state index contributed by atoms with van der Waals surface area (Å²) in [6.07, 6.45) is -0.660. The number of alkyl halides is 3. The molecule has 1 aromatic rings. The van der Waals surface area contributed by atoms with E-state index in [1.807, 2.05) is 0 Å². The lowest BCUT2D eigenvalue weighted by molar-refractivity contribution is -0.138. The average Bonchev–Trinajstić information content (AvgIpc) is 2.34. The highest BCUT2D eigenvalue weighted by atomic mass is 19.4. The molecule has 0 fully saturated rings. The van der Waals surface area contributed by atoms with E-state index in [-0.39, 0.29) is 11.6 Å². The summed E-state index contributed by atoms with van der Waals surface area (Å²) in [5.74, 6) is 0. The van der Waals surface area contributed by atoms with Crippen LogP contribution in [0, 0.1) is 0 Å². The Kier molecular flexibility index (Phi) is 5.55. The number of hydrogen-bond donors (Lipinski definition) is 1. The Morgan fingerprint density at radius 2 is 2.17 bits per heavy atom. The monoisotopic (exact) mass is 262 g/mol. The molecule has 0 saturated heterocycles. The van der Waals surface area contributed by atoms with Gasteiger partial charge in [0.15, 0.2) is 0 Å². The topological polar surface area (TPSA) is 34.1 Å². The van der Waals surface area contributed by atoms with E-state index < -0.39 is 11.7 Å². The van der Waals surface area contributed by atoms with Gasteiger partial charge in [0.1, 0.15) is 0 Å². The zero-order chi connectivity index (χ0) is 13.6. The fourth-order valence-electron chi connectivity index (χ4n) is 1.83. The first kappa shape index (κ1) is 14.9. The molecule has 0 aliphatic carbocycles. The quantitative estimate of drug-likeness (QED) is 0.800. The summed E-state index contributed by atoms with van der Waals surface area (Å²) < 4.78 is 43.5. The summed E-state index contributed by atoms with van der Waals surface area (Å²) in [6.45, 7) is 0.528. The molecule has 1 rings (SSSR count). The number of hydrogen-bond acceptors (Lipinski definition) is 3. The molecule has 1 atom stereocenters. The van der Waals surface area contributed by atoms with Gasteiger partial charge in [0.2, 0.25) is 0 Å². The van der Waals surface area contributed by atoms with Gasteiger partial charge >= 0.3 is 6.18 Å². The highest BCUT2D eigenvalue weighted by molar-refractivity contribution is 5.29. The van der Waals surface area contributed by atoms with Crippen LogP contribution in [0.1, 0.15) is 30.0 Å². The molecule has 0 aromatic carbocycles. The summed E-state index contributed by atoms with van der Waals surface area (Å²) in [4.78, 5) is 3.78. The minimum atomic E-state index is -4.35. The second kappa shape index (κ2) is 6.70. The standard InChI is InChI=1S/C12H17F3N2O/c1-16-11(4-3-7-18-2)9-8-17-6-5-10(9)12(13,14)15/h5-6,8,11,16H,3-4,7H2,1-2H3. The molecule has 6 heteroatoms. The van der Waals surface area contributed by atoms with Crippen molar-refractivity contribution in [2.24, 2.45) is 0 Å². The van der Waals surface area contributed by atoms with E-state index in [4.69, 9.17) is 4.74 Å². The Morgan fingerprint density at radius 1 is 1.44 bits per heavy atom. The van der Waals surface area contributed by atoms with E-state index in [1.54, 1.807) is 14.2 Å². The molecule has 18 heavy (non-hydrogen) atoms. The van der Waals surface area contributed by atoms with Gasteiger partial charge in [0.05, 0.1) is 5.56 Å². The van der Waals surface area contributed by atoms with Crippen molar-refractivity contribution < 1.29 is 17.9 Å². The molecule has 0 aliphatic rings. The molecule has 0 amide bonds. The van der Waals surface area contributed by atoms with Gasteiger partial charge in [-0.05, 0) is 31.5 Å². The van der Waals surface area contributed by atoms with Crippen LogP contribution in [0.3, 0.4) is 0 Å². The van der Waals surface area contributed by atoms with Gasteiger partial charge in [-0.1, -0.05) is 0 Å². The van der Waals surface area contributed by atoms with Crippen molar-refractivity contribution in [3.05, 3.63) is 29.6 Å². The summed E-state index contributed by atoms with van der Waals surface area (Å²) >= 11 is 0. The number of methoxy groups -OCH3 is 1. The molecule has 1 unspecified atom stereocenters. The maximum absolute atomic E-state index is 12.9. The van der Waals surface area contributed by atoms with Gasteiger partial charge in [0, 0.05) is 32.2 Å². The van der Waals surface area contributed by atoms with Gasteiger partial charge in [-0.25, -0.2) is 0 Å². The van der Waals surface area contributed by atoms with Crippen molar-refractivity contribution in [3.8, 4) is 0 Å². The molecular formula is C12H17F3N2O. The van der Waals surface area contributed by atoms with Crippen LogP contribution < -0.4 is 5.32 Å². The van der Waals surface area contributed by atoms with E-state index >= 15 is 0 Å². The zero-order valence-electron chi connectivity index (χ0n) is 10.4. The molecule has 1 aromatic heterocycles. The number of pyridine rings is 1. The third-order valence-corrected chi connectivity index (χ3v) is 2.72. The lowest BCUT2D eigenvalue weighted by Gasteiger charge is -2.20. The van der Waals surface area contributed by atoms with Crippen molar-refractivity contribution in [2.75, 3.05) is 20.8 Å². The number of nitrogens with zero attached hydrogens (tertiary/aromatic N) is 1. The van der Waals surface area contributed by atoms with Gasteiger partial charge in [0.25, 0.3) is 0 Å². The van der Waals surface area contributed by atoms with Crippen molar-refractivity contribution >= 4 is 0 Å². The Morgan fingerprint density at radius 3 is 2.72 bits per heavy atom. The highest BCUT2D eigenvalue weighted by Gasteiger charge is 2.34. The largest absolute Gasteiger partial charge is 0.416 e. The molecule has 0 saturated carbocycles. The lowest BCUT2D eigenvalue weighted by Crippen LogP contribution is -2.21. The summed E-state index contributed by atoms with van der Waals surface area (Å²) in [5, 5.41) is 2.89. The van der Waals surface area contributed by atoms with Gasteiger partial charge in [-0.2, -0.15) is 13.2 Å². The molecule has 1 heterocycles. The minimum absolute atomic E-state index is 0.184. The van der Waals surface area contributed by atoms with E-state index in [0.29, 0.717) is 19.4 Å². The SMILES string of the molecule is CNC(CCCOC)c1cnccc1C(F)(F)F. The summed E-state index contributed by atoms with van der Waals surface area (Å²) in [7, 11) is 3.21. The van der Waals surface area contributed by atoms with Crippen LogP contribution in [0.4, 0.5) is 13.2 Å². The fourth-order valence-corrected chi connectivity index (χ4v) is 1.83. The second-order valence-electron chi connectivity index (χ2n) is 3.94. The number of aromatic nitrogens is 1. The van der Waals surface area contributed by atoms with Crippen LogP contribution in [0.15, 0.2) is 18.5 Å². The number of rotatable bonds is 6. The second-order valence-corrected chi connectivity index (χ2v) is 3.94. The Labute approximate surface area is 104 Å². The van der Waals surface area contributed by atoms with E-state index in [9.17, 15) is 13.2 Å². The fraction of sp³-hybridized carbons (Fsp3) is 0.583. The maximum Gasteiger partial charge on any atom is 0.416 e. The van der Waals surface area contributed by atoms with Crippen LogP contribution in [0.2, 0.25) is 0 Å². The van der Waals surface area contributed by atoms with Crippen molar-refractivity contribution in [3.63, 3.8) is 0 Å². The summed E-state index contributed by atoms with van der Waals surface area (Å²) in [6, 6.07) is 0.640. The summed E-state index contributed by atoms with van der Waals surface area (Å²) in [5.41, 5.74) is -0.446. The third-order valence-electron chi connectivity index (χ3n) is 2.72. The number of ether oxygens (including phenoxy) is 1. The average molecular weight is 262 g/mol. The molecule has 0 radical (unpaired) electrons. The van der Waals surface area contributed by atoms with E-state index in [0.717, 1.165) is 12.3 Å². The van der Waals surface area contributed by atoms with Crippen LogP contribution >= 0.6 is 0 Å². The van der Waals surface area contributed by atoms with E-state index in [2.05, 4.69) is 10.3 Å². The van der Waals surface area contributed by atoms with Crippen molar-refractivity contribution in [2.45, 2.75) is 25.1 Å². The number of halogens is 3. The predicted molar refractivity (Wildman–Crippen MR) is 62.1 cm³/mol. The molecule has 0 aliphatic heterocycles. The molecular weight excluding hydrogens is 245 g/mol. The molecule has 3 nitrogen and oxygen atoms in total. The van der Waals surface area contributed by atoms with Crippen molar-refractivity contribution in [1.82, 2.24) is 10.3 Å². The molecule has 102 valence electrons. The predicted octanol–water partition coefficient (Wildman–Crippen LogP) is 2.79. The maximum atomic E-state index is 12.9. The Hall–Kier alpha value is -1.14. The normalized spacial score (nSPS) is 13.6. The van der Waals surface area contributed by atoms with Crippen LogP contribution in [-0.2, 0) is 10.9 Å². The molecule has 1 N–H and O–H groups in total. The van der Waals surface area contributed by atoms with Crippen molar-refractivity contribution in [1.29, 1.82) is 0 Å². The van der Waals surface area contributed by atoms with E-state index in [1.165, 1.54) is 6.20 Å².